The van der Waals surface area contributed by atoms with Gasteiger partial charge in [0, 0.05) is 55.7 Å². The Morgan fingerprint density at radius 2 is 1.93 bits per heavy atom. The molecule has 0 aliphatic carbocycles. The molecule has 1 aliphatic heterocycles. The van der Waals surface area contributed by atoms with Crippen molar-refractivity contribution in [3.8, 4) is 11.3 Å². The maximum Gasteiger partial charge on any atom is 0.270 e. The summed E-state index contributed by atoms with van der Waals surface area (Å²) in [5.41, 5.74) is 3.64. The molecule has 4 aromatic rings. The van der Waals surface area contributed by atoms with E-state index in [-0.39, 0.29) is 23.1 Å². The summed E-state index contributed by atoms with van der Waals surface area (Å²) in [7, 11) is 0.745. The van der Waals surface area contributed by atoms with Gasteiger partial charge in [-0.2, -0.15) is 0 Å². The number of carbonyl (C=O) groups is 2. The van der Waals surface area contributed by atoms with Gasteiger partial charge in [0.1, 0.15) is 28.6 Å². The first-order valence-corrected chi connectivity index (χ1v) is 16.1. The Morgan fingerprint density at radius 3 is 2.56 bits per heavy atom. The van der Waals surface area contributed by atoms with Crippen LogP contribution in [0.4, 0.5) is 10.1 Å². The fourth-order valence-electron chi connectivity index (χ4n) is 5.75. The van der Waals surface area contributed by atoms with Crippen LogP contribution in [0.25, 0.3) is 34.1 Å². The number of nitrogens with zero attached hydrogens (tertiary/aromatic N) is 2. The van der Waals surface area contributed by atoms with Gasteiger partial charge in [-0.1, -0.05) is 19.2 Å². The summed E-state index contributed by atoms with van der Waals surface area (Å²) in [5, 5.41) is 3.12. The lowest BCUT2D eigenvalue weighted by Crippen LogP contribution is -2.39. The predicted molar refractivity (Wildman–Crippen MR) is 173 cm³/mol. The zero-order chi connectivity index (χ0) is 32.6. The molecule has 0 spiro atoms. The standard InChI is InChI=1S/C33H35FN4O6S/c1-7-20-15-26(36-30(20)19(2)43-5)33(40)38-14-8-9-22(18-38)24-16-25-28(17-27(24)37(4)45(6,41)42)44-31(29(25)32(39)35-3)21-10-12-23(34)13-11-21/h7,10-13,15-17,22,36H,1-2,8-9,14,18H2,3-6H3,(H,35,39)/t22-/m0/s1. The Morgan fingerprint density at radius 1 is 1.22 bits per heavy atom. The first-order chi connectivity index (χ1) is 21.4. The summed E-state index contributed by atoms with van der Waals surface area (Å²) in [4.78, 5) is 31.7. The summed E-state index contributed by atoms with van der Waals surface area (Å²) >= 11 is 0. The number of amides is 2. The second-order valence-corrected chi connectivity index (χ2v) is 13.0. The third-order valence-corrected chi connectivity index (χ3v) is 9.40. The number of hydrogen-bond donors (Lipinski definition) is 2. The third kappa shape index (κ3) is 5.97. The molecule has 0 unspecified atom stereocenters. The second-order valence-electron chi connectivity index (χ2n) is 11.0. The molecular formula is C33H35FN4O6S. The fourth-order valence-corrected chi connectivity index (χ4v) is 6.26. The molecule has 3 heterocycles. The Hall–Kier alpha value is -4.84. The monoisotopic (exact) mass is 634 g/mol. The van der Waals surface area contributed by atoms with Crippen LogP contribution in [-0.2, 0) is 14.8 Å². The molecule has 2 aromatic carbocycles. The normalized spacial score (nSPS) is 15.1. The van der Waals surface area contributed by atoms with Crippen LogP contribution in [0, 0.1) is 5.82 Å². The number of rotatable bonds is 9. The van der Waals surface area contributed by atoms with Crippen molar-refractivity contribution in [2.45, 2.75) is 18.8 Å². The van der Waals surface area contributed by atoms with Crippen molar-refractivity contribution in [3.05, 3.63) is 89.5 Å². The first-order valence-electron chi connectivity index (χ1n) is 14.3. The largest absolute Gasteiger partial charge is 0.495 e. The van der Waals surface area contributed by atoms with E-state index in [1.165, 1.54) is 49.8 Å². The number of H-pyrrole nitrogens is 1. The van der Waals surface area contributed by atoms with Crippen molar-refractivity contribution in [1.29, 1.82) is 0 Å². The third-order valence-electron chi connectivity index (χ3n) is 8.21. The molecule has 236 valence electrons. The first kappa shape index (κ1) is 31.6. The zero-order valence-corrected chi connectivity index (χ0v) is 26.4. The molecule has 1 aliphatic rings. The van der Waals surface area contributed by atoms with E-state index in [1.807, 2.05) is 0 Å². The van der Waals surface area contributed by atoms with Crippen LogP contribution >= 0.6 is 0 Å². The molecule has 0 saturated carbocycles. The molecule has 1 fully saturated rings. The number of methoxy groups -OCH3 is 1. The van der Waals surface area contributed by atoms with Gasteiger partial charge >= 0.3 is 0 Å². The topological polar surface area (TPSA) is 125 Å². The van der Waals surface area contributed by atoms with Gasteiger partial charge in [-0.25, -0.2) is 12.8 Å². The van der Waals surface area contributed by atoms with Gasteiger partial charge in [0.25, 0.3) is 11.8 Å². The maximum absolute atomic E-state index is 13.7. The minimum atomic E-state index is -3.70. The number of anilines is 1. The van der Waals surface area contributed by atoms with Crippen LogP contribution in [0.15, 0.2) is 60.0 Å². The zero-order valence-electron chi connectivity index (χ0n) is 25.6. The highest BCUT2D eigenvalue weighted by Gasteiger charge is 2.32. The molecular weight excluding hydrogens is 599 g/mol. The number of ether oxygens (including phenoxy) is 1. The van der Waals surface area contributed by atoms with Gasteiger partial charge in [-0.05, 0) is 54.8 Å². The summed E-state index contributed by atoms with van der Waals surface area (Å²) < 4.78 is 51.9. The van der Waals surface area contributed by atoms with Gasteiger partial charge in [0.2, 0.25) is 10.0 Å². The number of nitrogens with one attached hydrogen (secondary N) is 2. The minimum Gasteiger partial charge on any atom is -0.495 e. The van der Waals surface area contributed by atoms with Crippen LogP contribution in [-0.4, -0.2) is 70.7 Å². The number of piperidine rings is 1. The lowest BCUT2D eigenvalue weighted by atomic mass is 9.88. The molecule has 0 radical (unpaired) electrons. The van der Waals surface area contributed by atoms with Crippen molar-refractivity contribution < 1.29 is 31.6 Å². The molecule has 2 amide bonds. The molecule has 1 saturated heterocycles. The number of aromatic amines is 1. The van der Waals surface area contributed by atoms with Crippen molar-refractivity contribution in [2.24, 2.45) is 0 Å². The fraction of sp³-hybridized carbons (Fsp3) is 0.273. The number of carbonyl (C=O) groups excluding carboxylic acids is 2. The Bertz CT molecular complexity index is 1930. The molecule has 0 bridgehead atoms. The lowest BCUT2D eigenvalue weighted by molar-refractivity contribution is 0.0701. The molecule has 12 heteroatoms. The minimum absolute atomic E-state index is 0.230. The summed E-state index contributed by atoms with van der Waals surface area (Å²) in [6, 6.07) is 10.7. The molecule has 1 atom stereocenters. The van der Waals surface area contributed by atoms with Gasteiger partial charge in [0.05, 0.1) is 30.3 Å². The van der Waals surface area contributed by atoms with Crippen molar-refractivity contribution >= 4 is 50.3 Å². The number of hydrogen-bond acceptors (Lipinski definition) is 6. The Kier molecular flexibility index (Phi) is 8.61. The van der Waals surface area contributed by atoms with E-state index >= 15 is 0 Å². The van der Waals surface area contributed by atoms with E-state index in [9.17, 15) is 22.4 Å². The van der Waals surface area contributed by atoms with Gasteiger partial charge in [0.15, 0.2) is 0 Å². The Labute approximate surface area is 261 Å². The highest BCUT2D eigenvalue weighted by molar-refractivity contribution is 7.92. The average molecular weight is 635 g/mol. The average Bonchev–Trinajstić information content (AvgIpc) is 3.64. The SMILES string of the molecule is C=Cc1cc(C(=O)N2CCC[C@H](c3cc4c(C(=O)NC)c(-c5ccc(F)cc5)oc4cc3N(C)S(C)(=O)=O)C2)[nH]c1C(=C)OC. The number of halogens is 1. The van der Waals surface area contributed by atoms with Crippen molar-refractivity contribution in [1.82, 2.24) is 15.2 Å². The van der Waals surface area contributed by atoms with E-state index in [4.69, 9.17) is 9.15 Å². The van der Waals surface area contributed by atoms with Crippen LogP contribution < -0.4 is 9.62 Å². The summed E-state index contributed by atoms with van der Waals surface area (Å²) in [6.07, 6.45) is 4.06. The maximum atomic E-state index is 13.7. The molecule has 2 aromatic heterocycles. The van der Waals surface area contributed by atoms with Crippen LogP contribution in [0.3, 0.4) is 0 Å². The highest BCUT2D eigenvalue weighted by Crippen LogP contribution is 2.42. The quantitative estimate of drug-likeness (QED) is 0.231. The molecule has 2 N–H and O–H groups in total. The highest BCUT2D eigenvalue weighted by atomic mass is 32.2. The van der Waals surface area contributed by atoms with Crippen LogP contribution in [0.2, 0.25) is 0 Å². The second kappa shape index (κ2) is 12.3. The van der Waals surface area contributed by atoms with E-state index in [0.29, 0.717) is 76.4 Å². The molecule has 5 rings (SSSR count). The van der Waals surface area contributed by atoms with Crippen LogP contribution in [0.5, 0.6) is 0 Å². The van der Waals surface area contributed by atoms with Gasteiger partial charge < -0.3 is 24.4 Å². The van der Waals surface area contributed by atoms with Crippen molar-refractivity contribution in [2.75, 3.05) is 44.9 Å². The van der Waals surface area contributed by atoms with Gasteiger partial charge in [-0.3, -0.25) is 13.9 Å². The number of sulfonamides is 1. The summed E-state index contributed by atoms with van der Waals surface area (Å²) in [6.45, 7) is 8.50. The smallest absolute Gasteiger partial charge is 0.270 e. The molecule has 45 heavy (non-hydrogen) atoms. The predicted octanol–water partition coefficient (Wildman–Crippen LogP) is 5.60. The summed E-state index contributed by atoms with van der Waals surface area (Å²) in [5.74, 6) is -0.753. The number of aromatic nitrogens is 1. The number of fused-ring (bicyclic) bond motifs is 1. The number of benzene rings is 2. The van der Waals surface area contributed by atoms with E-state index in [1.54, 1.807) is 29.2 Å². The molecule has 10 nitrogen and oxygen atoms in total. The van der Waals surface area contributed by atoms with Crippen LogP contribution in [0.1, 0.15) is 56.4 Å². The Balaban J connectivity index is 1.62. The van der Waals surface area contributed by atoms with E-state index < -0.39 is 21.7 Å². The van der Waals surface area contributed by atoms with E-state index in [0.717, 1.165) is 6.26 Å². The van der Waals surface area contributed by atoms with E-state index in [2.05, 4.69) is 23.5 Å². The number of furan rings is 1. The van der Waals surface area contributed by atoms with Gasteiger partial charge in [-0.15, -0.1) is 0 Å². The van der Waals surface area contributed by atoms with Crippen molar-refractivity contribution in [3.63, 3.8) is 0 Å². The lowest BCUT2D eigenvalue weighted by Gasteiger charge is -2.34. The number of likely N-dealkylation sites (tertiary alicyclic amines) is 1.